The fourth-order valence-corrected chi connectivity index (χ4v) is 1.93. The van der Waals surface area contributed by atoms with E-state index in [9.17, 15) is 0 Å². The molecule has 3 heteroatoms. The molecule has 1 aromatic rings. The smallest absolute Gasteiger partial charge is 0.0589 e. The van der Waals surface area contributed by atoms with E-state index in [0.717, 1.165) is 18.0 Å². The van der Waals surface area contributed by atoms with Gasteiger partial charge in [0, 0.05) is 12.2 Å². The summed E-state index contributed by atoms with van der Waals surface area (Å²) >= 11 is 5.76. The quantitative estimate of drug-likeness (QED) is 0.833. The maximum absolute atomic E-state index is 6.05. The van der Waals surface area contributed by atoms with E-state index in [-0.39, 0.29) is 6.04 Å². The van der Waals surface area contributed by atoms with Crippen molar-refractivity contribution in [1.82, 2.24) is 4.98 Å². The molecule has 2 N–H and O–H groups in total. The Morgan fingerprint density at radius 2 is 2.29 bits per heavy atom. The van der Waals surface area contributed by atoms with Crippen molar-refractivity contribution in [2.75, 3.05) is 0 Å². The fraction of sp³-hybridized carbons (Fsp3) is 0.545. The lowest BCUT2D eigenvalue weighted by Gasteiger charge is -2.27. The minimum Gasteiger partial charge on any atom is -0.323 e. The summed E-state index contributed by atoms with van der Waals surface area (Å²) in [4.78, 5) is 4.23. The van der Waals surface area contributed by atoms with Gasteiger partial charge < -0.3 is 5.73 Å². The van der Waals surface area contributed by atoms with Gasteiger partial charge in [-0.2, -0.15) is 0 Å². The Balaban J connectivity index is 1.95. The zero-order chi connectivity index (χ0) is 9.97. The maximum Gasteiger partial charge on any atom is 0.0589 e. The standard InChI is InChI=1S/C11H15ClN2/c12-9-4-5-11(14-7-9)10(13)6-8-2-1-3-8/h4-5,7-8,10H,1-3,6,13H2. The van der Waals surface area contributed by atoms with E-state index in [1.807, 2.05) is 12.1 Å². The highest BCUT2D eigenvalue weighted by atomic mass is 35.5. The van der Waals surface area contributed by atoms with Gasteiger partial charge in [-0.3, -0.25) is 4.98 Å². The summed E-state index contributed by atoms with van der Waals surface area (Å²) in [6.45, 7) is 0. The van der Waals surface area contributed by atoms with Crippen LogP contribution in [0, 0.1) is 5.92 Å². The molecule has 1 aliphatic rings. The van der Waals surface area contributed by atoms with E-state index < -0.39 is 0 Å². The number of aromatic nitrogens is 1. The molecule has 1 fully saturated rings. The third-order valence-electron chi connectivity index (χ3n) is 2.94. The first kappa shape index (κ1) is 9.94. The summed E-state index contributed by atoms with van der Waals surface area (Å²) in [5.41, 5.74) is 7.01. The highest BCUT2D eigenvalue weighted by molar-refractivity contribution is 6.30. The largest absolute Gasteiger partial charge is 0.323 e. The van der Waals surface area contributed by atoms with Crippen molar-refractivity contribution in [1.29, 1.82) is 0 Å². The van der Waals surface area contributed by atoms with Crippen LogP contribution in [0.25, 0.3) is 0 Å². The van der Waals surface area contributed by atoms with Crippen LogP contribution >= 0.6 is 11.6 Å². The molecule has 76 valence electrons. The lowest BCUT2D eigenvalue weighted by Crippen LogP contribution is -2.20. The number of hydrogen-bond acceptors (Lipinski definition) is 2. The number of pyridine rings is 1. The lowest BCUT2D eigenvalue weighted by atomic mass is 9.80. The minimum atomic E-state index is 0.0811. The second-order valence-corrected chi connectivity index (χ2v) is 4.48. The Kier molecular flexibility index (Phi) is 3.04. The second kappa shape index (κ2) is 4.28. The topological polar surface area (TPSA) is 38.9 Å². The van der Waals surface area contributed by atoms with Gasteiger partial charge in [0.05, 0.1) is 10.7 Å². The molecule has 2 rings (SSSR count). The van der Waals surface area contributed by atoms with Crippen LogP contribution in [0.2, 0.25) is 5.02 Å². The molecule has 1 unspecified atom stereocenters. The third kappa shape index (κ3) is 2.25. The van der Waals surface area contributed by atoms with Crippen LogP contribution in [-0.4, -0.2) is 4.98 Å². The molecule has 0 radical (unpaired) electrons. The number of nitrogens with zero attached hydrogens (tertiary/aromatic N) is 1. The van der Waals surface area contributed by atoms with E-state index in [4.69, 9.17) is 17.3 Å². The average Bonchev–Trinajstić information content (AvgIpc) is 2.12. The highest BCUT2D eigenvalue weighted by Crippen LogP contribution is 2.33. The summed E-state index contributed by atoms with van der Waals surface area (Å²) in [5.74, 6) is 0.822. The fourth-order valence-electron chi connectivity index (χ4n) is 1.81. The molecule has 0 amide bonds. The lowest BCUT2D eigenvalue weighted by molar-refractivity contribution is 0.276. The van der Waals surface area contributed by atoms with E-state index in [0.29, 0.717) is 5.02 Å². The van der Waals surface area contributed by atoms with Crippen LogP contribution in [0.5, 0.6) is 0 Å². The Hall–Kier alpha value is -0.600. The Morgan fingerprint density at radius 1 is 1.50 bits per heavy atom. The normalized spacial score (nSPS) is 19.0. The Morgan fingerprint density at radius 3 is 2.79 bits per heavy atom. The van der Waals surface area contributed by atoms with Gasteiger partial charge in [0.2, 0.25) is 0 Å². The Labute approximate surface area is 89.5 Å². The van der Waals surface area contributed by atoms with Crippen molar-refractivity contribution in [3.8, 4) is 0 Å². The molecule has 1 heterocycles. The summed E-state index contributed by atoms with van der Waals surface area (Å²) in [6.07, 6.45) is 6.76. The molecule has 2 nitrogen and oxygen atoms in total. The van der Waals surface area contributed by atoms with Gasteiger partial charge in [0.25, 0.3) is 0 Å². The van der Waals surface area contributed by atoms with Crippen molar-refractivity contribution < 1.29 is 0 Å². The second-order valence-electron chi connectivity index (χ2n) is 4.04. The molecule has 0 aliphatic heterocycles. The first-order valence-electron chi connectivity index (χ1n) is 5.13. The molecule has 1 atom stereocenters. The zero-order valence-corrected chi connectivity index (χ0v) is 8.87. The number of rotatable bonds is 3. The molecular weight excluding hydrogens is 196 g/mol. The molecule has 0 aromatic carbocycles. The summed E-state index contributed by atoms with van der Waals surface area (Å²) < 4.78 is 0. The van der Waals surface area contributed by atoms with E-state index >= 15 is 0 Å². The van der Waals surface area contributed by atoms with Gasteiger partial charge in [0.15, 0.2) is 0 Å². The zero-order valence-electron chi connectivity index (χ0n) is 8.12. The van der Waals surface area contributed by atoms with Gasteiger partial charge in [-0.05, 0) is 24.5 Å². The third-order valence-corrected chi connectivity index (χ3v) is 3.17. The van der Waals surface area contributed by atoms with Gasteiger partial charge in [-0.15, -0.1) is 0 Å². The molecule has 1 aliphatic carbocycles. The van der Waals surface area contributed by atoms with Crippen LogP contribution in [0.15, 0.2) is 18.3 Å². The van der Waals surface area contributed by atoms with Crippen molar-refractivity contribution in [2.24, 2.45) is 11.7 Å². The maximum atomic E-state index is 6.05. The predicted molar refractivity (Wildman–Crippen MR) is 58.1 cm³/mol. The molecule has 1 saturated carbocycles. The molecule has 0 spiro atoms. The van der Waals surface area contributed by atoms with Crippen LogP contribution in [-0.2, 0) is 0 Å². The molecule has 1 aromatic heterocycles. The molecular formula is C11H15ClN2. The van der Waals surface area contributed by atoms with Crippen LogP contribution in [0.3, 0.4) is 0 Å². The van der Waals surface area contributed by atoms with Crippen molar-refractivity contribution >= 4 is 11.6 Å². The van der Waals surface area contributed by atoms with Gasteiger partial charge in [-0.1, -0.05) is 30.9 Å². The van der Waals surface area contributed by atoms with Crippen LogP contribution in [0.1, 0.15) is 37.4 Å². The highest BCUT2D eigenvalue weighted by Gasteiger charge is 2.21. The summed E-state index contributed by atoms with van der Waals surface area (Å²) in [5, 5.41) is 0.671. The SMILES string of the molecule is NC(CC1CCC1)c1ccc(Cl)cn1. The monoisotopic (exact) mass is 210 g/mol. The van der Waals surface area contributed by atoms with E-state index in [1.54, 1.807) is 6.20 Å². The van der Waals surface area contributed by atoms with Crippen LogP contribution < -0.4 is 5.73 Å². The minimum absolute atomic E-state index is 0.0811. The summed E-state index contributed by atoms with van der Waals surface area (Å²) in [6, 6.07) is 3.86. The predicted octanol–water partition coefficient (Wildman–Crippen LogP) is 2.93. The molecule has 0 saturated heterocycles. The molecule has 0 bridgehead atoms. The van der Waals surface area contributed by atoms with Crippen molar-refractivity contribution in [3.05, 3.63) is 29.0 Å². The number of hydrogen-bond donors (Lipinski definition) is 1. The summed E-state index contributed by atoms with van der Waals surface area (Å²) in [7, 11) is 0. The van der Waals surface area contributed by atoms with Gasteiger partial charge in [-0.25, -0.2) is 0 Å². The van der Waals surface area contributed by atoms with Crippen molar-refractivity contribution in [3.63, 3.8) is 0 Å². The average molecular weight is 211 g/mol. The van der Waals surface area contributed by atoms with Crippen molar-refractivity contribution in [2.45, 2.75) is 31.7 Å². The van der Waals surface area contributed by atoms with Gasteiger partial charge in [0.1, 0.15) is 0 Å². The first-order chi connectivity index (χ1) is 6.75. The van der Waals surface area contributed by atoms with Gasteiger partial charge >= 0.3 is 0 Å². The number of nitrogens with two attached hydrogens (primary N) is 1. The Bertz CT molecular complexity index is 293. The van der Waals surface area contributed by atoms with E-state index in [2.05, 4.69) is 4.98 Å². The molecule has 14 heavy (non-hydrogen) atoms. The first-order valence-corrected chi connectivity index (χ1v) is 5.50. The van der Waals surface area contributed by atoms with Crippen LogP contribution in [0.4, 0.5) is 0 Å². The van der Waals surface area contributed by atoms with E-state index in [1.165, 1.54) is 19.3 Å². The number of halogens is 1.